The highest BCUT2D eigenvalue weighted by Crippen LogP contribution is 2.29. The molecule has 4 nitrogen and oxygen atoms in total. The molecule has 1 heterocycles. The van der Waals surface area contributed by atoms with Crippen LogP contribution in [-0.2, 0) is 19.1 Å². The first-order valence-corrected chi connectivity index (χ1v) is 9.69. The van der Waals surface area contributed by atoms with Gasteiger partial charge in [0.2, 0.25) is 0 Å². The van der Waals surface area contributed by atoms with Crippen LogP contribution < -0.4 is 5.69 Å². The third-order valence-electron chi connectivity index (χ3n) is 4.39. The molecular formula is C20H19BrF3N3O. The molecule has 0 fully saturated rings. The topological polar surface area (TPSA) is 39.8 Å². The summed E-state index contributed by atoms with van der Waals surface area (Å²) in [5.41, 5.74) is 0.195. The minimum atomic E-state index is -4.42. The third kappa shape index (κ3) is 4.55. The fourth-order valence-electron chi connectivity index (χ4n) is 2.85. The van der Waals surface area contributed by atoms with Crippen molar-refractivity contribution < 1.29 is 13.2 Å². The number of alkyl halides is 3. The lowest BCUT2D eigenvalue weighted by atomic mass is 10.1. The van der Waals surface area contributed by atoms with Crippen LogP contribution in [0, 0.1) is 0 Å². The van der Waals surface area contributed by atoms with E-state index in [1.165, 1.54) is 16.8 Å². The second-order valence-corrected chi connectivity index (χ2v) is 7.38. The Kier molecular flexibility index (Phi) is 6.07. The van der Waals surface area contributed by atoms with Crippen molar-refractivity contribution >= 4 is 15.9 Å². The maximum atomic E-state index is 12.9. The molecule has 3 rings (SSSR count). The predicted molar refractivity (Wildman–Crippen MR) is 105 cm³/mol. The van der Waals surface area contributed by atoms with Gasteiger partial charge in [0.15, 0.2) is 0 Å². The van der Waals surface area contributed by atoms with Gasteiger partial charge in [0.05, 0.1) is 11.3 Å². The van der Waals surface area contributed by atoms with Crippen molar-refractivity contribution in [2.24, 2.45) is 0 Å². The van der Waals surface area contributed by atoms with Gasteiger partial charge in [-0.3, -0.25) is 4.57 Å². The number of nitrogens with zero attached hydrogens (tertiary/aromatic N) is 3. The van der Waals surface area contributed by atoms with E-state index in [4.69, 9.17) is 0 Å². The number of halogens is 4. The van der Waals surface area contributed by atoms with E-state index in [0.717, 1.165) is 35.0 Å². The fraction of sp³-hybridized carbons (Fsp3) is 0.300. The molecule has 0 saturated heterocycles. The Morgan fingerprint density at radius 3 is 2.25 bits per heavy atom. The van der Waals surface area contributed by atoms with Crippen LogP contribution in [-0.4, -0.2) is 14.3 Å². The van der Waals surface area contributed by atoms with Gasteiger partial charge in [0.1, 0.15) is 5.82 Å². The van der Waals surface area contributed by atoms with Gasteiger partial charge in [-0.05, 0) is 48.4 Å². The highest BCUT2D eigenvalue weighted by molar-refractivity contribution is 9.10. The largest absolute Gasteiger partial charge is 0.416 e. The van der Waals surface area contributed by atoms with E-state index in [0.29, 0.717) is 24.5 Å². The van der Waals surface area contributed by atoms with Gasteiger partial charge < -0.3 is 0 Å². The summed E-state index contributed by atoms with van der Waals surface area (Å²) in [6.07, 6.45) is -2.24. The molecule has 0 saturated carbocycles. The highest BCUT2D eigenvalue weighted by atomic mass is 79.9. The summed E-state index contributed by atoms with van der Waals surface area (Å²) in [7, 11) is 0. The van der Waals surface area contributed by atoms with E-state index in [1.807, 2.05) is 31.2 Å². The van der Waals surface area contributed by atoms with Crippen molar-refractivity contribution in [3.8, 4) is 5.69 Å². The number of unbranched alkanes of at least 4 members (excludes halogenated alkanes) is 1. The van der Waals surface area contributed by atoms with Gasteiger partial charge in [0, 0.05) is 17.4 Å². The minimum Gasteiger partial charge on any atom is -0.278 e. The summed E-state index contributed by atoms with van der Waals surface area (Å²) in [6, 6.07) is 12.2. The predicted octanol–water partition coefficient (Wildman–Crippen LogP) is 5.21. The van der Waals surface area contributed by atoms with Crippen molar-refractivity contribution in [2.75, 3.05) is 0 Å². The maximum Gasteiger partial charge on any atom is 0.416 e. The van der Waals surface area contributed by atoms with Crippen LogP contribution in [0.25, 0.3) is 5.69 Å². The van der Waals surface area contributed by atoms with E-state index >= 15 is 0 Å². The molecule has 0 aliphatic carbocycles. The first kappa shape index (κ1) is 20.4. The molecule has 0 atom stereocenters. The lowest BCUT2D eigenvalue weighted by Gasteiger charge is -2.07. The normalized spacial score (nSPS) is 11.8. The van der Waals surface area contributed by atoms with E-state index in [1.54, 1.807) is 4.57 Å². The summed E-state index contributed by atoms with van der Waals surface area (Å²) < 4.78 is 42.1. The lowest BCUT2D eigenvalue weighted by molar-refractivity contribution is -0.137. The summed E-state index contributed by atoms with van der Waals surface area (Å²) in [5, 5.41) is 4.42. The molecule has 0 aliphatic rings. The van der Waals surface area contributed by atoms with E-state index in [2.05, 4.69) is 21.0 Å². The van der Waals surface area contributed by atoms with E-state index < -0.39 is 11.7 Å². The molecule has 0 aliphatic heterocycles. The van der Waals surface area contributed by atoms with E-state index in [9.17, 15) is 18.0 Å². The molecule has 0 amide bonds. The molecule has 3 aromatic rings. The van der Waals surface area contributed by atoms with Crippen molar-refractivity contribution in [1.29, 1.82) is 0 Å². The Balaban J connectivity index is 1.98. The molecular weight excluding hydrogens is 435 g/mol. The zero-order valence-electron chi connectivity index (χ0n) is 15.2. The smallest absolute Gasteiger partial charge is 0.278 e. The molecule has 0 spiro atoms. The number of hydrogen-bond donors (Lipinski definition) is 0. The van der Waals surface area contributed by atoms with Crippen LogP contribution in [0.4, 0.5) is 13.2 Å². The van der Waals surface area contributed by atoms with Crippen LogP contribution in [0.5, 0.6) is 0 Å². The highest BCUT2D eigenvalue weighted by Gasteiger charge is 2.30. The maximum absolute atomic E-state index is 12.9. The van der Waals surface area contributed by atoms with Crippen LogP contribution in [0.1, 0.15) is 36.7 Å². The number of benzene rings is 2. The van der Waals surface area contributed by atoms with Crippen LogP contribution in [0.15, 0.2) is 57.8 Å². The average Bonchev–Trinajstić information content (AvgIpc) is 2.96. The van der Waals surface area contributed by atoms with Gasteiger partial charge in [-0.25, -0.2) is 4.79 Å². The Hall–Kier alpha value is -2.35. The summed E-state index contributed by atoms with van der Waals surface area (Å²) >= 11 is 3.39. The molecule has 0 bridgehead atoms. The van der Waals surface area contributed by atoms with Gasteiger partial charge in [-0.15, -0.1) is 5.10 Å². The summed E-state index contributed by atoms with van der Waals surface area (Å²) in [5.74, 6) is 0.584. The van der Waals surface area contributed by atoms with Gasteiger partial charge >= 0.3 is 11.9 Å². The van der Waals surface area contributed by atoms with Crippen LogP contribution in [0.2, 0.25) is 0 Å². The lowest BCUT2D eigenvalue weighted by Crippen LogP contribution is -2.24. The SMILES string of the molecule is CCCCn1c(Cc2ccc(Br)cc2)nn(-c2ccc(C(F)(F)F)cc2)c1=O. The molecule has 148 valence electrons. The minimum absolute atomic E-state index is 0.310. The summed E-state index contributed by atoms with van der Waals surface area (Å²) in [4.78, 5) is 12.9. The first-order chi connectivity index (χ1) is 13.3. The Morgan fingerprint density at radius 1 is 1.04 bits per heavy atom. The van der Waals surface area contributed by atoms with Gasteiger partial charge in [-0.1, -0.05) is 41.4 Å². The van der Waals surface area contributed by atoms with E-state index in [-0.39, 0.29) is 5.69 Å². The van der Waals surface area contributed by atoms with Crippen molar-refractivity contribution in [3.05, 3.63) is 80.4 Å². The van der Waals surface area contributed by atoms with Gasteiger partial charge in [0.25, 0.3) is 0 Å². The van der Waals surface area contributed by atoms with Gasteiger partial charge in [-0.2, -0.15) is 17.9 Å². The standard InChI is InChI=1S/C20H19BrF3N3O/c1-2-3-12-26-18(13-14-4-8-16(21)9-5-14)25-27(19(26)28)17-10-6-15(7-11-17)20(22,23)24/h4-11H,2-3,12-13H2,1H3. The monoisotopic (exact) mass is 453 g/mol. The Labute approximate surface area is 168 Å². The molecule has 8 heteroatoms. The van der Waals surface area contributed by atoms with Crippen molar-refractivity contribution in [3.63, 3.8) is 0 Å². The van der Waals surface area contributed by atoms with Crippen LogP contribution in [0.3, 0.4) is 0 Å². The summed E-state index contributed by atoms with van der Waals surface area (Å²) in [6.45, 7) is 2.54. The quantitative estimate of drug-likeness (QED) is 0.514. The molecule has 0 radical (unpaired) electrons. The number of hydrogen-bond acceptors (Lipinski definition) is 2. The van der Waals surface area contributed by atoms with Crippen molar-refractivity contribution in [1.82, 2.24) is 14.3 Å². The molecule has 2 aromatic carbocycles. The molecule has 1 aromatic heterocycles. The number of aromatic nitrogens is 3. The second kappa shape index (κ2) is 8.34. The van der Waals surface area contributed by atoms with Crippen LogP contribution >= 0.6 is 15.9 Å². The number of rotatable bonds is 6. The first-order valence-electron chi connectivity index (χ1n) is 8.90. The second-order valence-electron chi connectivity index (χ2n) is 6.46. The zero-order chi connectivity index (χ0) is 20.3. The average molecular weight is 454 g/mol. The van der Waals surface area contributed by atoms with Crippen molar-refractivity contribution in [2.45, 2.75) is 38.9 Å². The molecule has 0 unspecified atom stereocenters. The zero-order valence-corrected chi connectivity index (χ0v) is 16.8. The Bertz CT molecular complexity index is 990. The Morgan fingerprint density at radius 2 is 1.68 bits per heavy atom. The molecule has 28 heavy (non-hydrogen) atoms. The fourth-order valence-corrected chi connectivity index (χ4v) is 3.12. The molecule has 0 N–H and O–H groups in total. The third-order valence-corrected chi connectivity index (χ3v) is 4.92.